The molecule has 9 heteroatoms. The summed E-state index contributed by atoms with van der Waals surface area (Å²) < 4.78 is 18.9. The minimum atomic E-state index is -0.662. The number of halogens is 1. The normalized spacial score (nSPS) is 19.2. The van der Waals surface area contributed by atoms with Gasteiger partial charge in [0.05, 0.1) is 7.11 Å². The van der Waals surface area contributed by atoms with Gasteiger partial charge in [0.25, 0.3) is 5.91 Å². The van der Waals surface area contributed by atoms with Crippen LogP contribution < -0.4 is 9.64 Å². The van der Waals surface area contributed by atoms with Crippen molar-refractivity contribution in [3.63, 3.8) is 0 Å². The van der Waals surface area contributed by atoms with Gasteiger partial charge < -0.3 is 9.64 Å². The van der Waals surface area contributed by atoms with Crippen molar-refractivity contribution < 1.29 is 23.5 Å². The molecule has 0 radical (unpaired) electrons. The van der Waals surface area contributed by atoms with E-state index in [1.165, 1.54) is 18.1 Å². The van der Waals surface area contributed by atoms with Gasteiger partial charge in [-0.1, -0.05) is 23.8 Å². The Morgan fingerprint density at radius 2 is 1.74 bits per heavy atom. The summed E-state index contributed by atoms with van der Waals surface area (Å²) in [6.45, 7) is 6.11. The zero-order valence-corrected chi connectivity index (χ0v) is 19.7. The van der Waals surface area contributed by atoms with Gasteiger partial charge in [-0.05, 0) is 43.7 Å². The largest absolute Gasteiger partial charge is 0.494 e. The summed E-state index contributed by atoms with van der Waals surface area (Å²) in [5.74, 6) is -0.822. The molecule has 2 saturated heterocycles. The molecule has 2 aliphatic heterocycles. The maximum Gasteiger partial charge on any atom is 0.332 e. The van der Waals surface area contributed by atoms with E-state index in [1.807, 2.05) is 25.1 Å². The summed E-state index contributed by atoms with van der Waals surface area (Å²) in [5, 5.41) is 0. The molecule has 0 saturated carbocycles. The van der Waals surface area contributed by atoms with Gasteiger partial charge in [-0.2, -0.15) is 0 Å². The van der Waals surface area contributed by atoms with Gasteiger partial charge in [0.1, 0.15) is 12.6 Å². The third kappa shape index (κ3) is 4.75. The second-order valence-corrected chi connectivity index (χ2v) is 8.71. The van der Waals surface area contributed by atoms with Crippen molar-refractivity contribution >= 4 is 23.5 Å². The van der Waals surface area contributed by atoms with Crippen molar-refractivity contribution in [3.8, 4) is 5.75 Å². The number of ether oxygens (including phenoxy) is 1. The van der Waals surface area contributed by atoms with Crippen LogP contribution in [0.15, 0.2) is 42.5 Å². The fraction of sp³-hybridized carbons (Fsp3) is 0.400. The van der Waals surface area contributed by atoms with Gasteiger partial charge in [-0.25, -0.2) is 9.18 Å². The number of hydrogen-bond acceptors (Lipinski definition) is 5. The second kappa shape index (κ2) is 9.80. The number of urea groups is 1. The van der Waals surface area contributed by atoms with E-state index in [9.17, 15) is 18.8 Å². The molecule has 4 rings (SSSR count). The van der Waals surface area contributed by atoms with E-state index in [0.29, 0.717) is 38.4 Å². The Balaban J connectivity index is 1.33. The number of amides is 4. The Morgan fingerprint density at radius 1 is 1.06 bits per heavy atom. The molecule has 1 atom stereocenters. The van der Waals surface area contributed by atoms with Gasteiger partial charge in [0.15, 0.2) is 11.6 Å². The van der Waals surface area contributed by atoms with Crippen LogP contribution in [0.3, 0.4) is 0 Å². The van der Waals surface area contributed by atoms with Crippen molar-refractivity contribution in [3.05, 3.63) is 59.4 Å². The van der Waals surface area contributed by atoms with E-state index in [4.69, 9.17) is 4.74 Å². The smallest absolute Gasteiger partial charge is 0.332 e. The van der Waals surface area contributed by atoms with Crippen LogP contribution in [0.1, 0.15) is 18.1 Å². The minimum absolute atomic E-state index is 0.209. The Bertz CT molecular complexity index is 1080. The number of piperazine rings is 1. The van der Waals surface area contributed by atoms with E-state index < -0.39 is 17.9 Å². The quantitative estimate of drug-likeness (QED) is 0.610. The topological polar surface area (TPSA) is 73.4 Å². The van der Waals surface area contributed by atoms with Gasteiger partial charge >= 0.3 is 6.03 Å². The number of benzene rings is 2. The van der Waals surface area contributed by atoms with Crippen LogP contribution in [0.2, 0.25) is 0 Å². The molecular formula is C25H29FN4O4. The van der Waals surface area contributed by atoms with Crippen LogP contribution in [0.25, 0.3) is 0 Å². The van der Waals surface area contributed by atoms with Gasteiger partial charge in [-0.15, -0.1) is 0 Å². The van der Waals surface area contributed by atoms with Crippen LogP contribution in [0.4, 0.5) is 14.9 Å². The molecule has 0 N–H and O–H groups in total. The molecule has 0 bridgehead atoms. The van der Waals surface area contributed by atoms with E-state index in [2.05, 4.69) is 4.90 Å². The van der Waals surface area contributed by atoms with Crippen LogP contribution in [-0.2, 0) is 16.1 Å². The van der Waals surface area contributed by atoms with Gasteiger partial charge in [0.2, 0.25) is 5.91 Å². The Hall–Kier alpha value is -3.46. The number of carbonyl (C=O) groups is 3. The summed E-state index contributed by atoms with van der Waals surface area (Å²) >= 11 is 0. The van der Waals surface area contributed by atoms with Crippen molar-refractivity contribution in [2.24, 2.45) is 0 Å². The molecule has 2 aliphatic rings. The average molecular weight is 469 g/mol. The molecular weight excluding hydrogens is 439 g/mol. The van der Waals surface area contributed by atoms with Crippen LogP contribution in [0.5, 0.6) is 5.75 Å². The first-order chi connectivity index (χ1) is 16.3. The first-order valence-electron chi connectivity index (χ1n) is 11.3. The fourth-order valence-electron chi connectivity index (χ4n) is 4.37. The highest BCUT2D eigenvalue weighted by Gasteiger charge is 2.44. The molecule has 4 amide bonds. The Kier molecular flexibility index (Phi) is 6.83. The van der Waals surface area contributed by atoms with Crippen molar-refractivity contribution in [1.29, 1.82) is 0 Å². The van der Waals surface area contributed by atoms with E-state index in [1.54, 1.807) is 30.0 Å². The number of anilines is 1. The van der Waals surface area contributed by atoms with Crippen molar-refractivity contribution in [2.45, 2.75) is 26.4 Å². The first-order valence-corrected chi connectivity index (χ1v) is 11.3. The van der Waals surface area contributed by atoms with Crippen molar-refractivity contribution in [2.75, 3.05) is 44.7 Å². The number of imide groups is 1. The monoisotopic (exact) mass is 468 g/mol. The molecule has 0 aromatic heterocycles. The fourth-order valence-corrected chi connectivity index (χ4v) is 4.37. The van der Waals surface area contributed by atoms with E-state index in [0.717, 1.165) is 16.0 Å². The Morgan fingerprint density at radius 3 is 2.35 bits per heavy atom. The molecule has 0 spiro atoms. The lowest BCUT2D eigenvalue weighted by molar-refractivity contribution is -0.138. The molecule has 8 nitrogen and oxygen atoms in total. The maximum atomic E-state index is 14.0. The lowest BCUT2D eigenvalue weighted by Gasteiger charge is -2.35. The molecule has 2 fully saturated rings. The summed E-state index contributed by atoms with van der Waals surface area (Å²) in [5.41, 5.74) is 2.52. The molecule has 34 heavy (non-hydrogen) atoms. The number of carbonyl (C=O) groups excluding carboxylic acids is 3. The highest BCUT2D eigenvalue weighted by Crippen LogP contribution is 2.26. The molecule has 1 unspecified atom stereocenters. The zero-order chi connectivity index (χ0) is 24.4. The summed E-state index contributed by atoms with van der Waals surface area (Å²) in [7, 11) is 1.43. The number of aryl methyl sites for hydroxylation is 1. The first kappa shape index (κ1) is 23.7. The average Bonchev–Trinajstić information content (AvgIpc) is 3.03. The summed E-state index contributed by atoms with van der Waals surface area (Å²) in [6.07, 6.45) is 0. The predicted molar refractivity (Wildman–Crippen MR) is 125 cm³/mol. The third-order valence-electron chi connectivity index (χ3n) is 6.40. The number of methoxy groups -OCH3 is 1. The lowest BCUT2D eigenvalue weighted by Crippen LogP contribution is -2.51. The number of rotatable bonds is 6. The zero-order valence-electron chi connectivity index (χ0n) is 19.7. The van der Waals surface area contributed by atoms with Gasteiger partial charge in [0, 0.05) is 38.4 Å². The summed E-state index contributed by atoms with van der Waals surface area (Å²) in [6, 6.07) is 11.1. The highest BCUT2D eigenvalue weighted by molar-refractivity contribution is 6.15. The standard InChI is InChI=1S/C25H29FN4O4/c1-17-4-7-20(8-5-17)30-18(2)24(32)29(25(30)33)16-23(31)28-12-10-27(11-13-28)15-19-6-9-22(34-3)21(26)14-19/h4-9,14,18H,10-13,15-16H2,1-3H3. The summed E-state index contributed by atoms with van der Waals surface area (Å²) in [4.78, 5) is 44.9. The second-order valence-electron chi connectivity index (χ2n) is 8.71. The van der Waals surface area contributed by atoms with Crippen LogP contribution >= 0.6 is 0 Å². The van der Waals surface area contributed by atoms with E-state index >= 15 is 0 Å². The molecule has 0 aliphatic carbocycles. The van der Waals surface area contributed by atoms with Crippen molar-refractivity contribution in [1.82, 2.24) is 14.7 Å². The number of hydrogen-bond donors (Lipinski definition) is 0. The Labute approximate surface area is 198 Å². The molecule has 180 valence electrons. The molecule has 2 aromatic carbocycles. The minimum Gasteiger partial charge on any atom is -0.494 e. The SMILES string of the molecule is COc1ccc(CN2CCN(C(=O)CN3C(=O)C(C)N(c4ccc(C)cc4)C3=O)CC2)cc1F. The maximum absolute atomic E-state index is 14.0. The third-order valence-corrected chi connectivity index (χ3v) is 6.40. The lowest BCUT2D eigenvalue weighted by atomic mass is 10.2. The van der Waals surface area contributed by atoms with Crippen LogP contribution in [-0.4, -0.2) is 78.4 Å². The molecule has 2 heterocycles. The van der Waals surface area contributed by atoms with Gasteiger partial charge in [-0.3, -0.25) is 24.3 Å². The number of nitrogens with zero attached hydrogens (tertiary/aromatic N) is 4. The van der Waals surface area contributed by atoms with Crippen LogP contribution in [0, 0.1) is 12.7 Å². The highest BCUT2D eigenvalue weighted by atomic mass is 19.1. The molecule has 2 aromatic rings. The predicted octanol–water partition coefficient (Wildman–Crippen LogP) is 2.64. The van der Waals surface area contributed by atoms with E-state index in [-0.39, 0.29) is 24.1 Å².